The largest absolute Gasteiger partial charge is 0.476 e. The summed E-state index contributed by atoms with van der Waals surface area (Å²) in [5, 5.41) is 3.21. The maximum Gasteiger partial charge on any atom is 0.242 e. The molecule has 114 valence electrons. The van der Waals surface area contributed by atoms with Crippen LogP contribution in [0.4, 0.5) is 11.5 Å². The number of unbranched alkanes of at least 4 members (excludes halogenated alkanes) is 1. The van der Waals surface area contributed by atoms with Gasteiger partial charge in [-0.3, -0.25) is 0 Å². The van der Waals surface area contributed by atoms with Gasteiger partial charge in [0, 0.05) is 13.2 Å². The zero-order valence-corrected chi connectivity index (χ0v) is 12.7. The van der Waals surface area contributed by atoms with Crippen molar-refractivity contribution in [3.63, 3.8) is 0 Å². The Hall–Kier alpha value is -1.56. The van der Waals surface area contributed by atoms with E-state index in [4.69, 9.17) is 15.2 Å². The smallest absolute Gasteiger partial charge is 0.242 e. The first-order valence-electron chi connectivity index (χ1n) is 7.23. The van der Waals surface area contributed by atoms with Gasteiger partial charge < -0.3 is 20.5 Å². The first kappa shape index (κ1) is 16.5. The molecule has 1 aromatic heterocycles. The second-order valence-corrected chi connectivity index (χ2v) is 4.84. The first-order valence-corrected chi connectivity index (χ1v) is 7.23. The Kier molecular flexibility index (Phi) is 7.72. The molecular weight excluding hydrogens is 256 g/mol. The van der Waals surface area contributed by atoms with E-state index in [-0.39, 0.29) is 0 Å². The molecule has 0 amide bonds. The van der Waals surface area contributed by atoms with Crippen molar-refractivity contribution in [3.05, 3.63) is 6.33 Å². The number of hydrogen-bond donors (Lipinski definition) is 2. The number of nitrogens with two attached hydrogens (primary N) is 1. The van der Waals surface area contributed by atoms with Gasteiger partial charge in [-0.2, -0.15) is 4.98 Å². The topological polar surface area (TPSA) is 82.3 Å². The molecule has 3 N–H and O–H groups in total. The summed E-state index contributed by atoms with van der Waals surface area (Å²) in [5.41, 5.74) is 6.44. The molecule has 20 heavy (non-hydrogen) atoms. The molecular formula is C14H26N4O2. The van der Waals surface area contributed by atoms with E-state index in [0.29, 0.717) is 30.1 Å². The quantitative estimate of drug-likeness (QED) is 0.641. The minimum Gasteiger partial charge on any atom is -0.476 e. The monoisotopic (exact) mass is 282 g/mol. The molecule has 0 unspecified atom stereocenters. The predicted molar refractivity (Wildman–Crippen MR) is 81.0 cm³/mol. The highest BCUT2D eigenvalue weighted by Gasteiger charge is 2.08. The molecule has 0 bridgehead atoms. The van der Waals surface area contributed by atoms with Crippen LogP contribution in [0, 0.1) is 0 Å². The molecule has 6 nitrogen and oxygen atoms in total. The number of hydrogen-bond acceptors (Lipinski definition) is 6. The van der Waals surface area contributed by atoms with Crippen LogP contribution in [0.2, 0.25) is 0 Å². The number of ether oxygens (including phenoxy) is 2. The summed E-state index contributed by atoms with van der Waals surface area (Å²) in [5.74, 6) is 1.09. The van der Waals surface area contributed by atoms with Crippen LogP contribution in [0.1, 0.15) is 40.0 Å². The molecule has 1 heterocycles. The second-order valence-electron chi connectivity index (χ2n) is 4.84. The lowest BCUT2D eigenvalue weighted by atomic mass is 10.3. The van der Waals surface area contributed by atoms with Crippen LogP contribution in [0.5, 0.6) is 5.88 Å². The van der Waals surface area contributed by atoms with Gasteiger partial charge in [-0.25, -0.2) is 4.98 Å². The Bertz CT molecular complexity index is 385. The molecule has 0 aliphatic rings. The summed E-state index contributed by atoms with van der Waals surface area (Å²) in [6.45, 7) is 8.30. The number of aromatic nitrogens is 2. The Balaban J connectivity index is 2.32. The van der Waals surface area contributed by atoms with Gasteiger partial charge in [-0.1, -0.05) is 6.92 Å². The van der Waals surface area contributed by atoms with E-state index in [1.807, 2.05) is 20.8 Å². The number of nitrogens with zero attached hydrogens (tertiary/aromatic N) is 2. The van der Waals surface area contributed by atoms with Crippen LogP contribution in [-0.4, -0.2) is 35.8 Å². The van der Waals surface area contributed by atoms with Crippen LogP contribution < -0.4 is 15.8 Å². The summed E-state index contributed by atoms with van der Waals surface area (Å²) in [7, 11) is 0. The third-order valence-corrected chi connectivity index (χ3v) is 2.61. The lowest BCUT2D eigenvalue weighted by molar-refractivity contribution is 0.0765. The third-order valence-electron chi connectivity index (χ3n) is 2.61. The average Bonchev–Trinajstić information content (AvgIpc) is 2.42. The molecule has 0 atom stereocenters. The fourth-order valence-corrected chi connectivity index (χ4v) is 1.59. The molecule has 6 heteroatoms. The van der Waals surface area contributed by atoms with E-state index < -0.39 is 0 Å². The maximum absolute atomic E-state index is 5.97. The zero-order valence-electron chi connectivity index (χ0n) is 12.7. The predicted octanol–water partition coefficient (Wildman–Crippen LogP) is 2.46. The molecule has 0 aromatic carbocycles. The van der Waals surface area contributed by atoms with Crippen molar-refractivity contribution in [2.24, 2.45) is 0 Å². The van der Waals surface area contributed by atoms with Gasteiger partial charge in [0.15, 0.2) is 5.82 Å². The highest BCUT2D eigenvalue weighted by molar-refractivity contribution is 5.66. The van der Waals surface area contributed by atoms with Crippen LogP contribution in [0.3, 0.4) is 0 Å². The van der Waals surface area contributed by atoms with Gasteiger partial charge in [0.05, 0.1) is 12.7 Å². The van der Waals surface area contributed by atoms with E-state index in [1.165, 1.54) is 6.33 Å². The fourth-order valence-electron chi connectivity index (χ4n) is 1.59. The number of nitrogen functional groups attached to an aromatic ring is 1. The summed E-state index contributed by atoms with van der Waals surface area (Å²) in [4.78, 5) is 8.17. The Morgan fingerprint density at radius 2 is 2.05 bits per heavy atom. The third kappa shape index (κ3) is 6.06. The first-order chi connectivity index (χ1) is 9.65. The summed E-state index contributed by atoms with van der Waals surface area (Å²) < 4.78 is 10.9. The summed E-state index contributed by atoms with van der Waals surface area (Å²) >= 11 is 0. The second kappa shape index (κ2) is 9.36. The van der Waals surface area contributed by atoms with Gasteiger partial charge in [0.2, 0.25) is 5.88 Å². The van der Waals surface area contributed by atoms with Gasteiger partial charge in [-0.15, -0.1) is 0 Å². The zero-order chi connectivity index (χ0) is 14.8. The van der Waals surface area contributed by atoms with Crippen molar-refractivity contribution in [2.45, 2.75) is 46.1 Å². The summed E-state index contributed by atoms with van der Waals surface area (Å²) in [6, 6.07) is 0. The molecule has 0 saturated carbocycles. The number of anilines is 2. The highest BCUT2D eigenvalue weighted by atomic mass is 16.5. The van der Waals surface area contributed by atoms with Crippen molar-refractivity contribution in [2.75, 3.05) is 30.8 Å². The van der Waals surface area contributed by atoms with Crippen LogP contribution in [0.15, 0.2) is 6.33 Å². The molecule has 0 aliphatic heterocycles. The van der Waals surface area contributed by atoms with Crippen LogP contribution >= 0.6 is 0 Å². The molecule has 0 saturated heterocycles. The van der Waals surface area contributed by atoms with Gasteiger partial charge in [-0.05, 0) is 33.1 Å². The van der Waals surface area contributed by atoms with Crippen molar-refractivity contribution < 1.29 is 9.47 Å². The highest BCUT2D eigenvalue weighted by Crippen LogP contribution is 2.24. The molecule has 0 aliphatic carbocycles. The van der Waals surface area contributed by atoms with E-state index in [2.05, 4.69) is 15.3 Å². The van der Waals surface area contributed by atoms with Crippen molar-refractivity contribution in [3.8, 4) is 5.88 Å². The lowest BCUT2D eigenvalue weighted by Gasteiger charge is -2.11. The molecule has 0 spiro atoms. The van der Waals surface area contributed by atoms with E-state index >= 15 is 0 Å². The fraction of sp³-hybridized carbons (Fsp3) is 0.714. The van der Waals surface area contributed by atoms with Crippen molar-refractivity contribution in [1.82, 2.24) is 9.97 Å². The normalized spacial score (nSPS) is 10.8. The summed E-state index contributed by atoms with van der Waals surface area (Å²) in [6.07, 6.45) is 4.68. The van der Waals surface area contributed by atoms with Gasteiger partial charge >= 0.3 is 0 Å². The van der Waals surface area contributed by atoms with Gasteiger partial charge in [0.25, 0.3) is 0 Å². The Labute approximate surface area is 121 Å². The van der Waals surface area contributed by atoms with E-state index in [0.717, 1.165) is 32.4 Å². The Morgan fingerprint density at radius 1 is 1.25 bits per heavy atom. The molecule has 0 fully saturated rings. The molecule has 0 radical (unpaired) electrons. The SMILES string of the molecule is CCCOc1ncnc(NCCCCOC(C)C)c1N. The molecule has 1 aromatic rings. The lowest BCUT2D eigenvalue weighted by Crippen LogP contribution is -2.10. The van der Waals surface area contributed by atoms with Crippen molar-refractivity contribution >= 4 is 11.5 Å². The van der Waals surface area contributed by atoms with Gasteiger partial charge in [0.1, 0.15) is 12.0 Å². The van der Waals surface area contributed by atoms with E-state index in [9.17, 15) is 0 Å². The number of rotatable bonds is 10. The average molecular weight is 282 g/mol. The van der Waals surface area contributed by atoms with Crippen molar-refractivity contribution in [1.29, 1.82) is 0 Å². The standard InChI is InChI=1S/C14H26N4O2/c1-4-8-20-14-12(15)13(17-10-18-14)16-7-5-6-9-19-11(2)3/h10-11H,4-9,15H2,1-3H3,(H,16,17,18). The molecule has 1 rings (SSSR count). The van der Waals surface area contributed by atoms with E-state index in [1.54, 1.807) is 0 Å². The Morgan fingerprint density at radius 3 is 2.75 bits per heavy atom. The minimum absolute atomic E-state index is 0.291. The number of nitrogens with one attached hydrogen (secondary N) is 1. The maximum atomic E-state index is 5.97. The van der Waals surface area contributed by atoms with Crippen LogP contribution in [0.25, 0.3) is 0 Å². The minimum atomic E-state index is 0.291. The van der Waals surface area contributed by atoms with Crippen LogP contribution in [-0.2, 0) is 4.74 Å².